The van der Waals surface area contributed by atoms with Crippen molar-refractivity contribution >= 4 is 34.7 Å². The lowest BCUT2D eigenvalue weighted by atomic mass is 10.2. The van der Waals surface area contributed by atoms with Gasteiger partial charge in [0.25, 0.3) is 11.1 Å². The quantitative estimate of drug-likeness (QED) is 0.804. The first-order chi connectivity index (χ1) is 12.1. The molecular weight excluding hydrogens is 336 g/mol. The van der Waals surface area contributed by atoms with E-state index >= 15 is 0 Å². The Hall–Kier alpha value is -2.73. The minimum Gasteiger partial charge on any atom is -0.492 e. The third-order valence-corrected chi connectivity index (χ3v) is 4.52. The van der Waals surface area contributed by atoms with E-state index in [1.807, 2.05) is 49.5 Å². The van der Waals surface area contributed by atoms with Crippen LogP contribution in [-0.2, 0) is 4.79 Å². The fourth-order valence-corrected chi connectivity index (χ4v) is 3.03. The number of ether oxygens (including phenoxy) is 1. The molecule has 0 atom stereocenters. The summed E-state index contributed by atoms with van der Waals surface area (Å²) in [5.74, 6) is 0.419. The van der Waals surface area contributed by atoms with E-state index < -0.39 is 0 Å². The van der Waals surface area contributed by atoms with Crippen molar-refractivity contribution in [1.82, 2.24) is 5.32 Å². The van der Waals surface area contributed by atoms with Crippen LogP contribution in [0.5, 0.6) is 5.75 Å². The monoisotopic (exact) mass is 354 g/mol. The Balaban J connectivity index is 1.52. The van der Waals surface area contributed by atoms with E-state index in [1.165, 1.54) is 0 Å². The second-order valence-corrected chi connectivity index (χ2v) is 6.54. The molecule has 0 saturated carbocycles. The Bertz CT molecular complexity index is 788. The van der Waals surface area contributed by atoms with Gasteiger partial charge in [0.15, 0.2) is 0 Å². The van der Waals surface area contributed by atoms with Crippen molar-refractivity contribution in [2.45, 2.75) is 0 Å². The topological polar surface area (TPSA) is 58.6 Å². The number of imide groups is 1. The molecule has 1 aliphatic rings. The number of para-hydroxylation sites is 1. The molecule has 0 aliphatic carbocycles. The standard InChI is InChI=1S/C19H18N2O3S/c1-21(15-5-3-2-4-6-15)11-12-24-16-9-7-14(8-10-16)13-17-18(22)20-19(23)25-17/h2-10,13H,11-12H2,1H3,(H,20,22,23). The number of nitrogens with one attached hydrogen (secondary N) is 1. The number of benzene rings is 2. The molecule has 0 bridgehead atoms. The molecule has 1 aliphatic heterocycles. The first kappa shape index (κ1) is 17.1. The first-order valence-electron chi connectivity index (χ1n) is 7.86. The molecular formula is C19H18N2O3S. The van der Waals surface area contributed by atoms with Gasteiger partial charge in [0.2, 0.25) is 0 Å². The van der Waals surface area contributed by atoms with Gasteiger partial charge in [-0.05, 0) is 47.7 Å². The van der Waals surface area contributed by atoms with E-state index in [1.54, 1.807) is 6.08 Å². The van der Waals surface area contributed by atoms with Gasteiger partial charge in [-0.2, -0.15) is 0 Å². The summed E-state index contributed by atoms with van der Waals surface area (Å²) in [5.41, 5.74) is 2.00. The van der Waals surface area contributed by atoms with E-state index in [0.717, 1.165) is 35.3 Å². The van der Waals surface area contributed by atoms with Crippen LogP contribution in [0.2, 0.25) is 0 Å². The fraction of sp³-hybridized carbons (Fsp3) is 0.158. The van der Waals surface area contributed by atoms with Crippen molar-refractivity contribution in [1.29, 1.82) is 0 Å². The molecule has 25 heavy (non-hydrogen) atoms. The molecule has 0 radical (unpaired) electrons. The third-order valence-electron chi connectivity index (χ3n) is 3.71. The highest BCUT2D eigenvalue weighted by molar-refractivity contribution is 8.18. The number of hydrogen-bond acceptors (Lipinski definition) is 5. The van der Waals surface area contributed by atoms with Gasteiger partial charge in [-0.25, -0.2) is 0 Å². The molecule has 1 fully saturated rings. The molecule has 1 N–H and O–H groups in total. The van der Waals surface area contributed by atoms with Gasteiger partial charge in [-0.3, -0.25) is 14.9 Å². The minimum absolute atomic E-state index is 0.335. The summed E-state index contributed by atoms with van der Waals surface area (Å²) in [7, 11) is 2.03. The van der Waals surface area contributed by atoms with Gasteiger partial charge in [0.1, 0.15) is 12.4 Å². The van der Waals surface area contributed by atoms with E-state index in [-0.39, 0.29) is 11.1 Å². The van der Waals surface area contributed by atoms with Crippen molar-refractivity contribution in [2.75, 3.05) is 25.1 Å². The molecule has 5 nitrogen and oxygen atoms in total. The summed E-state index contributed by atoms with van der Waals surface area (Å²) in [4.78, 5) is 25.2. The Morgan fingerprint density at radius 3 is 2.44 bits per heavy atom. The number of thioether (sulfide) groups is 1. The molecule has 0 unspecified atom stereocenters. The molecule has 6 heteroatoms. The average molecular weight is 354 g/mol. The number of carbonyl (C=O) groups is 2. The van der Waals surface area contributed by atoms with Gasteiger partial charge in [0.05, 0.1) is 11.4 Å². The van der Waals surface area contributed by atoms with Crippen molar-refractivity contribution in [3.8, 4) is 5.75 Å². The normalized spacial score (nSPS) is 15.3. The zero-order chi connectivity index (χ0) is 17.6. The largest absolute Gasteiger partial charge is 0.492 e. The third kappa shape index (κ3) is 4.64. The van der Waals surface area contributed by atoms with Crippen molar-refractivity contribution in [3.63, 3.8) is 0 Å². The number of nitrogens with zero attached hydrogens (tertiary/aromatic N) is 1. The zero-order valence-electron chi connectivity index (χ0n) is 13.8. The van der Waals surface area contributed by atoms with Crippen LogP contribution >= 0.6 is 11.8 Å². The number of hydrogen-bond donors (Lipinski definition) is 1. The van der Waals surface area contributed by atoms with Crippen LogP contribution in [-0.4, -0.2) is 31.3 Å². The number of rotatable bonds is 6. The number of likely N-dealkylation sites (N-methyl/N-ethyl adjacent to an activating group) is 1. The van der Waals surface area contributed by atoms with Crippen LogP contribution in [0.1, 0.15) is 5.56 Å². The highest BCUT2D eigenvalue weighted by Gasteiger charge is 2.24. The maximum absolute atomic E-state index is 11.5. The van der Waals surface area contributed by atoms with Crippen LogP contribution in [0.25, 0.3) is 6.08 Å². The van der Waals surface area contributed by atoms with Crippen LogP contribution in [0.15, 0.2) is 59.5 Å². The van der Waals surface area contributed by atoms with Crippen LogP contribution < -0.4 is 15.0 Å². The lowest BCUT2D eigenvalue weighted by Crippen LogP contribution is -2.23. The van der Waals surface area contributed by atoms with Crippen molar-refractivity contribution in [2.24, 2.45) is 0 Å². The molecule has 0 spiro atoms. The summed E-state index contributed by atoms with van der Waals surface area (Å²) in [6, 6.07) is 17.6. The molecule has 1 saturated heterocycles. The van der Waals surface area contributed by atoms with E-state index in [4.69, 9.17) is 4.74 Å². The molecule has 1 heterocycles. The zero-order valence-corrected chi connectivity index (χ0v) is 14.6. The smallest absolute Gasteiger partial charge is 0.290 e. The van der Waals surface area contributed by atoms with Crippen molar-refractivity contribution < 1.29 is 14.3 Å². The predicted molar refractivity (Wildman–Crippen MR) is 101 cm³/mol. The highest BCUT2D eigenvalue weighted by atomic mass is 32.2. The summed E-state index contributed by atoms with van der Waals surface area (Å²) in [6.45, 7) is 1.34. The van der Waals surface area contributed by atoms with Crippen LogP contribution in [0.4, 0.5) is 10.5 Å². The Kier molecular flexibility index (Phi) is 5.40. The summed E-state index contributed by atoms with van der Waals surface area (Å²) in [6.07, 6.45) is 1.69. The van der Waals surface area contributed by atoms with E-state index in [2.05, 4.69) is 22.3 Å². The van der Waals surface area contributed by atoms with Gasteiger partial charge in [-0.15, -0.1) is 0 Å². The summed E-state index contributed by atoms with van der Waals surface area (Å²) >= 11 is 0.912. The lowest BCUT2D eigenvalue weighted by Gasteiger charge is -2.19. The second kappa shape index (κ2) is 7.90. The lowest BCUT2D eigenvalue weighted by molar-refractivity contribution is -0.115. The Labute approximate surface area is 150 Å². The maximum atomic E-state index is 11.5. The van der Waals surface area contributed by atoms with Gasteiger partial charge < -0.3 is 9.64 Å². The van der Waals surface area contributed by atoms with E-state index in [9.17, 15) is 9.59 Å². The molecule has 2 aromatic rings. The van der Waals surface area contributed by atoms with Gasteiger partial charge in [-0.1, -0.05) is 30.3 Å². The average Bonchev–Trinajstić information content (AvgIpc) is 2.94. The molecule has 2 aromatic carbocycles. The van der Waals surface area contributed by atoms with Crippen LogP contribution in [0.3, 0.4) is 0 Å². The maximum Gasteiger partial charge on any atom is 0.290 e. The van der Waals surface area contributed by atoms with Crippen molar-refractivity contribution in [3.05, 3.63) is 65.1 Å². The minimum atomic E-state index is -0.348. The SMILES string of the molecule is CN(CCOc1ccc(C=C2SC(=O)NC2=O)cc1)c1ccccc1. The van der Waals surface area contributed by atoms with E-state index in [0.29, 0.717) is 11.5 Å². The molecule has 2 amide bonds. The predicted octanol–water partition coefficient (Wildman–Crippen LogP) is 3.53. The van der Waals surface area contributed by atoms with Gasteiger partial charge in [0, 0.05) is 12.7 Å². The van der Waals surface area contributed by atoms with Gasteiger partial charge >= 0.3 is 0 Å². The molecule has 3 rings (SSSR count). The second-order valence-electron chi connectivity index (χ2n) is 5.53. The molecule has 0 aromatic heterocycles. The molecule has 128 valence electrons. The number of carbonyl (C=O) groups excluding carboxylic acids is 2. The fourth-order valence-electron chi connectivity index (χ4n) is 2.34. The summed E-state index contributed by atoms with van der Waals surface area (Å²) < 4.78 is 5.76. The number of amides is 2. The number of anilines is 1. The highest BCUT2D eigenvalue weighted by Crippen LogP contribution is 2.26. The first-order valence-corrected chi connectivity index (χ1v) is 8.67. The summed E-state index contributed by atoms with van der Waals surface area (Å²) in [5, 5.41) is 1.90. The Morgan fingerprint density at radius 1 is 1.08 bits per heavy atom. The van der Waals surface area contributed by atoms with Crippen LogP contribution in [0, 0.1) is 0 Å². The Morgan fingerprint density at radius 2 is 1.80 bits per heavy atom.